The van der Waals surface area contributed by atoms with Crippen molar-refractivity contribution in [1.82, 2.24) is 4.98 Å². The molecule has 5 nitrogen and oxygen atoms in total. The molecule has 0 atom stereocenters. The molecule has 1 heterocycles. The standard InChI is InChI=1S/C20H26N2O3/c1-6-24-10-11-25-18-12-14(3)21-16(5)19(18)20(23)22-17-9-7-8-13(2)15(17)4/h7-9,12H,6,10-11H2,1-5H3,(H,22,23). The SMILES string of the molecule is CCOCCOc1cc(C)nc(C)c1C(=O)Nc1cccc(C)c1C. The Labute approximate surface area is 149 Å². The molecule has 1 N–H and O–H groups in total. The molecule has 1 aromatic heterocycles. The maximum absolute atomic E-state index is 12.9. The summed E-state index contributed by atoms with van der Waals surface area (Å²) in [6, 6.07) is 7.63. The number of carbonyl (C=O) groups excluding carboxylic acids is 1. The van der Waals surface area contributed by atoms with E-state index in [2.05, 4.69) is 10.3 Å². The number of pyridine rings is 1. The van der Waals surface area contributed by atoms with Crippen LogP contribution < -0.4 is 10.1 Å². The van der Waals surface area contributed by atoms with Crippen LogP contribution in [0.2, 0.25) is 0 Å². The van der Waals surface area contributed by atoms with Crippen molar-refractivity contribution in [2.24, 2.45) is 0 Å². The fourth-order valence-electron chi connectivity index (χ4n) is 2.61. The summed E-state index contributed by atoms with van der Waals surface area (Å²) in [5.41, 5.74) is 4.90. The van der Waals surface area contributed by atoms with Gasteiger partial charge in [-0.05, 0) is 51.8 Å². The molecule has 2 rings (SSSR count). The molecule has 0 saturated carbocycles. The van der Waals surface area contributed by atoms with Crippen molar-refractivity contribution >= 4 is 11.6 Å². The van der Waals surface area contributed by atoms with Gasteiger partial charge in [0.2, 0.25) is 0 Å². The van der Waals surface area contributed by atoms with Crippen molar-refractivity contribution in [1.29, 1.82) is 0 Å². The Kier molecular flexibility index (Phi) is 6.53. The largest absolute Gasteiger partial charge is 0.490 e. The minimum atomic E-state index is -0.217. The van der Waals surface area contributed by atoms with Gasteiger partial charge in [0.05, 0.1) is 12.3 Å². The van der Waals surface area contributed by atoms with Crippen LogP contribution in [0.3, 0.4) is 0 Å². The normalized spacial score (nSPS) is 10.6. The molecule has 0 aliphatic heterocycles. The first-order valence-electron chi connectivity index (χ1n) is 8.50. The molecule has 0 aliphatic rings. The lowest BCUT2D eigenvalue weighted by Gasteiger charge is -2.16. The minimum absolute atomic E-state index is 0.217. The number of nitrogens with one attached hydrogen (secondary N) is 1. The number of aryl methyl sites for hydroxylation is 3. The van der Waals surface area contributed by atoms with Crippen molar-refractivity contribution in [2.45, 2.75) is 34.6 Å². The summed E-state index contributed by atoms with van der Waals surface area (Å²) in [6.07, 6.45) is 0. The smallest absolute Gasteiger partial charge is 0.261 e. The van der Waals surface area contributed by atoms with E-state index in [1.54, 1.807) is 6.07 Å². The van der Waals surface area contributed by atoms with Crippen molar-refractivity contribution in [3.05, 3.63) is 52.3 Å². The van der Waals surface area contributed by atoms with Crippen molar-refractivity contribution in [2.75, 3.05) is 25.1 Å². The maximum Gasteiger partial charge on any atom is 0.261 e. The summed E-state index contributed by atoms with van der Waals surface area (Å²) in [6.45, 7) is 11.2. The average Bonchev–Trinajstić information content (AvgIpc) is 2.55. The van der Waals surface area contributed by atoms with E-state index in [9.17, 15) is 4.79 Å². The van der Waals surface area contributed by atoms with Crippen LogP contribution in [0.25, 0.3) is 0 Å². The zero-order valence-corrected chi connectivity index (χ0v) is 15.6. The van der Waals surface area contributed by atoms with Gasteiger partial charge in [0.25, 0.3) is 5.91 Å². The number of ether oxygens (including phenoxy) is 2. The Balaban J connectivity index is 2.26. The van der Waals surface area contributed by atoms with Crippen molar-refractivity contribution in [3.8, 4) is 5.75 Å². The maximum atomic E-state index is 12.9. The molecule has 25 heavy (non-hydrogen) atoms. The minimum Gasteiger partial charge on any atom is -0.490 e. The fraction of sp³-hybridized carbons (Fsp3) is 0.400. The highest BCUT2D eigenvalue weighted by Crippen LogP contribution is 2.25. The number of nitrogens with zero attached hydrogens (tertiary/aromatic N) is 1. The summed E-state index contributed by atoms with van der Waals surface area (Å²) >= 11 is 0. The average molecular weight is 342 g/mol. The first-order chi connectivity index (χ1) is 11.9. The number of hydrogen-bond acceptors (Lipinski definition) is 4. The number of anilines is 1. The van der Waals surface area contributed by atoms with E-state index < -0.39 is 0 Å². The third-order valence-electron chi connectivity index (χ3n) is 4.06. The van der Waals surface area contributed by atoms with Gasteiger partial charge in [-0.15, -0.1) is 0 Å². The van der Waals surface area contributed by atoms with Gasteiger partial charge < -0.3 is 14.8 Å². The lowest BCUT2D eigenvalue weighted by Crippen LogP contribution is -2.18. The van der Waals surface area contributed by atoms with Crippen LogP contribution in [0.5, 0.6) is 5.75 Å². The Bertz CT molecular complexity index is 757. The molecule has 0 radical (unpaired) electrons. The lowest BCUT2D eigenvalue weighted by molar-refractivity contribution is 0.0996. The van der Waals surface area contributed by atoms with Gasteiger partial charge >= 0.3 is 0 Å². The van der Waals surface area contributed by atoms with Gasteiger partial charge in [0.15, 0.2) is 0 Å². The molecule has 0 saturated heterocycles. The van der Waals surface area contributed by atoms with E-state index >= 15 is 0 Å². The molecule has 0 bridgehead atoms. The van der Waals surface area contributed by atoms with Crippen molar-refractivity contribution in [3.63, 3.8) is 0 Å². The molecule has 0 aliphatic carbocycles. The van der Waals surface area contributed by atoms with Crippen LogP contribution in [0.15, 0.2) is 24.3 Å². The van der Waals surface area contributed by atoms with Crippen LogP contribution in [-0.2, 0) is 4.74 Å². The molecule has 1 aromatic carbocycles. The Morgan fingerprint density at radius 3 is 2.64 bits per heavy atom. The van der Waals surface area contributed by atoms with Gasteiger partial charge in [-0.25, -0.2) is 0 Å². The molecular formula is C20H26N2O3. The van der Waals surface area contributed by atoms with Gasteiger partial charge in [-0.2, -0.15) is 0 Å². The summed E-state index contributed by atoms with van der Waals surface area (Å²) in [5, 5.41) is 2.98. The van der Waals surface area contributed by atoms with Crippen LogP contribution in [0.4, 0.5) is 5.69 Å². The number of amides is 1. The molecule has 0 fully saturated rings. The number of benzene rings is 1. The second kappa shape index (κ2) is 8.62. The first kappa shape index (κ1) is 18.9. The summed E-state index contributed by atoms with van der Waals surface area (Å²) in [5.74, 6) is 0.317. The summed E-state index contributed by atoms with van der Waals surface area (Å²) in [7, 11) is 0. The predicted molar refractivity (Wildman–Crippen MR) is 99.6 cm³/mol. The second-order valence-electron chi connectivity index (χ2n) is 5.97. The predicted octanol–water partition coefficient (Wildman–Crippen LogP) is 3.98. The zero-order valence-electron chi connectivity index (χ0n) is 15.6. The van der Waals surface area contributed by atoms with Crippen LogP contribution in [0, 0.1) is 27.7 Å². The molecular weight excluding hydrogens is 316 g/mol. The number of carbonyl (C=O) groups is 1. The van der Waals surface area contributed by atoms with E-state index in [1.807, 2.05) is 52.8 Å². The molecule has 0 unspecified atom stereocenters. The highest BCUT2D eigenvalue weighted by molar-refractivity contribution is 6.07. The van der Waals surface area contributed by atoms with Gasteiger partial charge in [-0.3, -0.25) is 9.78 Å². The number of aromatic nitrogens is 1. The first-order valence-corrected chi connectivity index (χ1v) is 8.50. The molecule has 1 amide bonds. The highest BCUT2D eigenvalue weighted by Gasteiger charge is 2.19. The Hall–Kier alpha value is -2.40. The third kappa shape index (κ3) is 4.79. The Morgan fingerprint density at radius 1 is 1.16 bits per heavy atom. The quantitative estimate of drug-likeness (QED) is 0.773. The van der Waals surface area contributed by atoms with Crippen LogP contribution >= 0.6 is 0 Å². The van der Waals surface area contributed by atoms with E-state index in [0.29, 0.717) is 36.8 Å². The molecule has 0 spiro atoms. The summed E-state index contributed by atoms with van der Waals surface area (Å²) in [4.78, 5) is 17.3. The van der Waals surface area contributed by atoms with Gasteiger partial charge in [0, 0.05) is 24.1 Å². The van der Waals surface area contributed by atoms with Gasteiger partial charge in [-0.1, -0.05) is 12.1 Å². The van der Waals surface area contributed by atoms with E-state index in [4.69, 9.17) is 9.47 Å². The van der Waals surface area contributed by atoms with E-state index in [-0.39, 0.29) is 5.91 Å². The number of hydrogen-bond donors (Lipinski definition) is 1. The van der Waals surface area contributed by atoms with Crippen LogP contribution in [0.1, 0.15) is 39.8 Å². The molecule has 5 heteroatoms. The lowest BCUT2D eigenvalue weighted by atomic mass is 10.1. The van der Waals surface area contributed by atoms with Crippen molar-refractivity contribution < 1.29 is 14.3 Å². The monoisotopic (exact) mass is 342 g/mol. The highest BCUT2D eigenvalue weighted by atomic mass is 16.5. The molecule has 2 aromatic rings. The van der Waals surface area contributed by atoms with E-state index in [0.717, 1.165) is 22.5 Å². The van der Waals surface area contributed by atoms with E-state index in [1.165, 1.54) is 0 Å². The second-order valence-corrected chi connectivity index (χ2v) is 5.97. The van der Waals surface area contributed by atoms with Gasteiger partial charge in [0.1, 0.15) is 17.9 Å². The fourth-order valence-corrected chi connectivity index (χ4v) is 2.61. The zero-order chi connectivity index (χ0) is 18.4. The number of rotatable bonds is 7. The summed E-state index contributed by atoms with van der Waals surface area (Å²) < 4.78 is 11.1. The topological polar surface area (TPSA) is 60.5 Å². The third-order valence-corrected chi connectivity index (χ3v) is 4.06. The Morgan fingerprint density at radius 2 is 1.92 bits per heavy atom. The molecule has 134 valence electrons. The van der Waals surface area contributed by atoms with Crippen LogP contribution in [-0.4, -0.2) is 30.7 Å².